The van der Waals surface area contributed by atoms with Gasteiger partial charge in [-0.2, -0.15) is 0 Å². The van der Waals surface area contributed by atoms with E-state index in [1.807, 2.05) is 26.0 Å². The van der Waals surface area contributed by atoms with Gasteiger partial charge in [-0.3, -0.25) is 9.69 Å². The number of carbonyl (C=O) groups is 1. The van der Waals surface area contributed by atoms with E-state index in [-0.39, 0.29) is 11.9 Å². The highest BCUT2D eigenvalue weighted by atomic mass is 16.2. The lowest BCUT2D eigenvalue weighted by atomic mass is 10.0. The van der Waals surface area contributed by atoms with Crippen molar-refractivity contribution >= 4 is 5.91 Å². The first-order valence-electron chi connectivity index (χ1n) is 5.09. The smallest absolute Gasteiger partial charge is 0.237 e. The Balaban J connectivity index is 4.03. The third kappa shape index (κ3) is 4.58. The number of nitrogens with zero attached hydrogens (tertiary/aromatic N) is 1. The molecule has 0 fully saturated rings. The van der Waals surface area contributed by atoms with Crippen LogP contribution in [0.15, 0.2) is 0 Å². The zero-order chi connectivity index (χ0) is 11.1. The summed E-state index contributed by atoms with van der Waals surface area (Å²) in [4.78, 5) is 13.7. The fourth-order valence-corrected chi connectivity index (χ4v) is 1.55. The number of hydrogen-bond donors (Lipinski definition) is 2. The van der Waals surface area contributed by atoms with E-state index in [4.69, 9.17) is 0 Å². The van der Waals surface area contributed by atoms with Crippen molar-refractivity contribution in [2.24, 2.45) is 5.92 Å². The van der Waals surface area contributed by atoms with Crippen molar-refractivity contribution in [1.82, 2.24) is 15.5 Å². The summed E-state index contributed by atoms with van der Waals surface area (Å²) in [6, 6.07) is -0.0353. The van der Waals surface area contributed by atoms with Crippen LogP contribution in [-0.2, 0) is 4.79 Å². The van der Waals surface area contributed by atoms with Gasteiger partial charge in [-0.1, -0.05) is 13.8 Å². The molecule has 1 unspecified atom stereocenters. The van der Waals surface area contributed by atoms with Gasteiger partial charge in [0.2, 0.25) is 5.91 Å². The summed E-state index contributed by atoms with van der Waals surface area (Å²) in [5, 5.41) is 5.90. The molecule has 2 N–H and O–H groups in total. The first-order chi connectivity index (χ1) is 6.50. The molecule has 0 rings (SSSR count). The molecule has 0 radical (unpaired) electrons. The van der Waals surface area contributed by atoms with Crippen LogP contribution >= 0.6 is 0 Å². The standard InChI is InChI=1S/C10H23N3O/c1-8(2)9(13(4)5)10(14)12-7-6-11-3/h8-9,11H,6-7H2,1-5H3,(H,12,14). The number of likely N-dealkylation sites (N-methyl/N-ethyl adjacent to an activating group) is 2. The van der Waals surface area contributed by atoms with Crippen LogP contribution in [0.2, 0.25) is 0 Å². The maximum atomic E-state index is 11.7. The molecule has 4 nitrogen and oxygen atoms in total. The summed E-state index contributed by atoms with van der Waals surface area (Å²) in [6.07, 6.45) is 0. The molecule has 0 aliphatic rings. The van der Waals surface area contributed by atoms with E-state index in [0.717, 1.165) is 6.54 Å². The minimum absolute atomic E-state index is 0.0353. The summed E-state index contributed by atoms with van der Waals surface area (Å²) in [5.41, 5.74) is 0. The number of hydrogen-bond acceptors (Lipinski definition) is 3. The average molecular weight is 201 g/mol. The third-order valence-electron chi connectivity index (χ3n) is 2.13. The molecular formula is C10H23N3O. The molecule has 0 spiro atoms. The summed E-state index contributed by atoms with van der Waals surface area (Å²) in [7, 11) is 5.74. The average Bonchev–Trinajstić information content (AvgIpc) is 2.03. The van der Waals surface area contributed by atoms with Gasteiger partial charge in [-0.15, -0.1) is 0 Å². The van der Waals surface area contributed by atoms with Crippen LogP contribution in [-0.4, -0.2) is 51.1 Å². The maximum Gasteiger partial charge on any atom is 0.237 e. The van der Waals surface area contributed by atoms with Gasteiger partial charge in [-0.05, 0) is 27.1 Å². The highest BCUT2D eigenvalue weighted by Gasteiger charge is 2.23. The molecule has 0 aliphatic carbocycles. The van der Waals surface area contributed by atoms with Crippen molar-refractivity contribution in [3.63, 3.8) is 0 Å². The second-order valence-corrected chi connectivity index (χ2v) is 4.05. The second-order valence-electron chi connectivity index (χ2n) is 4.05. The van der Waals surface area contributed by atoms with Crippen molar-refractivity contribution in [1.29, 1.82) is 0 Å². The fourth-order valence-electron chi connectivity index (χ4n) is 1.55. The van der Waals surface area contributed by atoms with Crippen LogP contribution in [0, 0.1) is 5.92 Å². The lowest BCUT2D eigenvalue weighted by Crippen LogP contribution is -2.47. The van der Waals surface area contributed by atoms with Crippen molar-refractivity contribution in [2.45, 2.75) is 19.9 Å². The van der Waals surface area contributed by atoms with Crippen LogP contribution in [0.5, 0.6) is 0 Å². The lowest BCUT2D eigenvalue weighted by molar-refractivity contribution is -0.126. The van der Waals surface area contributed by atoms with E-state index in [9.17, 15) is 4.79 Å². The molecule has 0 aromatic heterocycles. The first kappa shape index (κ1) is 13.4. The van der Waals surface area contributed by atoms with E-state index in [1.54, 1.807) is 0 Å². The molecule has 1 atom stereocenters. The predicted octanol–water partition coefficient (Wildman–Crippen LogP) is -0.0918. The van der Waals surface area contributed by atoms with E-state index in [2.05, 4.69) is 24.5 Å². The number of amides is 1. The zero-order valence-corrected chi connectivity index (χ0v) is 9.92. The Morgan fingerprint density at radius 3 is 2.21 bits per heavy atom. The Kier molecular flexibility index (Phi) is 6.49. The van der Waals surface area contributed by atoms with Crippen molar-refractivity contribution in [3.8, 4) is 0 Å². The van der Waals surface area contributed by atoms with Crippen LogP contribution in [0.3, 0.4) is 0 Å². The Morgan fingerprint density at radius 2 is 1.86 bits per heavy atom. The van der Waals surface area contributed by atoms with Crippen molar-refractivity contribution in [3.05, 3.63) is 0 Å². The van der Waals surface area contributed by atoms with Gasteiger partial charge in [0.05, 0.1) is 6.04 Å². The van der Waals surface area contributed by atoms with Crippen LogP contribution in [0.1, 0.15) is 13.8 Å². The monoisotopic (exact) mass is 201 g/mol. The highest BCUT2D eigenvalue weighted by Crippen LogP contribution is 2.06. The van der Waals surface area contributed by atoms with Gasteiger partial charge in [-0.25, -0.2) is 0 Å². The molecule has 84 valence electrons. The van der Waals surface area contributed by atoms with Gasteiger partial charge in [0.25, 0.3) is 0 Å². The largest absolute Gasteiger partial charge is 0.353 e. The van der Waals surface area contributed by atoms with Gasteiger partial charge in [0.1, 0.15) is 0 Å². The van der Waals surface area contributed by atoms with Gasteiger partial charge >= 0.3 is 0 Å². The SMILES string of the molecule is CNCCNC(=O)C(C(C)C)N(C)C. The third-order valence-corrected chi connectivity index (χ3v) is 2.13. The summed E-state index contributed by atoms with van der Waals surface area (Å²) < 4.78 is 0. The van der Waals surface area contributed by atoms with Crippen LogP contribution in [0.25, 0.3) is 0 Å². The Morgan fingerprint density at radius 1 is 1.29 bits per heavy atom. The van der Waals surface area contributed by atoms with Gasteiger partial charge in [0, 0.05) is 13.1 Å². The lowest BCUT2D eigenvalue weighted by Gasteiger charge is -2.26. The molecule has 1 amide bonds. The van der Waals surface area contributed by atoms with E-state index in [0.29, 0.717) is 12.5 Å². The zero-order valence-electron chi connectivity index (χ0n) is 9.92. The normalized spacial score (nSPS) is 13.4. The number of nitrogens with one attached hydrogen (secondary N) is 2. The maximum absolute atomic E-state index is 11.7. The van der Waals surface area contributed by atoms with E-state index >= 15 is 0 Å². The topological polar surface area (TPSA) is 44.4 Å². The van der Waals surface area contributed by atoms with Crippen LogP contribution < -0.4 is 10.6 Å². The van der Waals surface area contributed by atoms with E-state index < -0.39 is 0 Å². The molecule has 14 heavy (non-hydrogen) atoms. The molecule has 4 heteroatoms. The minimum atomic E-state index is -0.0353. The molecule has 0 aromatic rings. The van der Waals surface area contributed by atoms with Gasteiger partial charge < -0.3 is 10.6 Å². The van der Waals surface area contributed by atoms with E-state index in [1.165, 1.54) is 0 Å². The van der Waals surface area contributed by atoms with Crippen LogP contribution in [0.4, 0.5) is 0 Å². The van der Waals surface area contributed by atoms with Crippen molar-refractivity contribution < 1.29 is 4.79 Å². The molecule has 0 aromatic carbocycles. The highest BCUT2D eigenvalue weighted by molar-refractivity contribution is 5.81. The summed E-state index contributed by atoms with van der Waals surface area (Å²) in [5.74, 6) is 0.444. The quantitative estimate of drug-likeness (QED) is 0.590. The first-order valence-corrected chi connectivity index (χ1v) is 5.09. The number of carbonyl (C=O) groups excluding carboxylic acids is 1. The molecule has 0 bridgehead atoms. The number of rotatable bonds is 6. The van der Waals surface area contributed by atoms with Gasteiger partial charge in [0.15, 0.2) is 0 Å². The van der Waals surface area contributed by atoms with Crippen molar-refractivity contribution in [2.75, 3.05) is 34.2 Å². The molecule has 0 aliphatic heterocycles. The minimum Gasteiger partial charge on any atom is -0.353 e. The Labute approximate surface area is 87.0 Å². The Bertz CT molecular complexity index is 161. The fraction of sp³-hybridized carbons (Fsp3) is 0.900. The summed E-state index contributed by atoms with van der Waals surface area (Å²) in [6.45, 7) is 5.61. The molecule has 0 saturated heterocycles. The molecule has 0 saturated carbocycles. The Hall–Kier alpha value is -0.610. The molecule has 0 heterocycles. The predicted molar refractivity (Wildman–Crippen MR) is 59.2 cm³/mol. The molecular weight excluding hydrogens is 178 g/mol. The second kappa shape index (κ2) is 6.79. The summed E-state index contributed by atoms with van der Waals surface area (Å²) >= 11 is 0.